The third-order valence-electron chi connectivity index (χ3n) is 6.12. The molecule has 0 radical (unpaired) electrons. The van der Waals surface area contributed by atoms with Crippen molar-refractivity contribution in [1.82, 2.24) is 0 Å². The lowest BCUT2D eigenvalue weighted by Gasteiger charge is -2.26. The van der Waals surface area contributed by atoms with Crippen LogP contribution in [0, 0.1) is 13.8 Å². The van der Waals surface area contributed by atoms with Crippen LogP contribution in [0.3, 0.4) is 0 Å². The number of anilines is 3. The molecule has 166 valence electrons. The number of carbonyl (C=O) groups is 1. The summed E-state index contributed by atoms with van der Waals surface area (Å²) in [4.78, 5) is 13.4. The summed E-state index contributed by atoms with van der Waals surface area (Å²) in [5.41, 5.74) is 8.03. The van der Waals surface area contributed by atoms with E-state index in [1.807, 2.05) is 12.1 Å². The van der Waals surface area contributed by atoms with Crippen LogP contribution in [0.5, 0.6) is 0 Å². The molecule has 5 aromatic carbocycles. The van der Waals surface area contributed by atoms with Gasteiger partial charge in [0.25, 0.3) is 0 Å². The molecule has 0 amide bonds. The molecule has 0 unspecified atom stereocenters. The Morgan fingerprint density at radius 3 is 1.65 bits per heavy atom. The van der Waals surface area contributed by atoms with E-state index in [0.717, 1.165) is 28.2 Å². The highest BCUT2D eigenvalue weighted by Crippen LogP contribution is 2.37. The number of carboxylic acids is 1. The molecular formula is C31H25NO2. The average molecular weight is 444 g/mol. The van der Waals surface area contributed by atoms with Crippen molar-refractivity contribution < 1.29 is 9.90 Å². The first-order valence-electron chi connectivity index (χ1n) is 11.3. The zero-order valence-electron chi connectivity index (χ0n) is 19.2. The van der Waals surface area contributed by atoms with E-state index in [4.69, 9.17) is 5.11 Å². The lowest BCUT2D eigenvalue weighted by molar-refractivity contribution is 0.0697. The summed E-state index contributed by atoms with van der Waals surface area (Å²) in [5, 5.41) is 11.6. The summed E-state index contributed by atoms with van der Waals surface area (Å²) in [6.07, 6.45) is 0. The highest BCUT2D eigenvalue weighted by Gasteiger charge is 2.13. The Kier molecular flexibility index (Phi) is 5.60. The van der Waals surface area contributed by atoms with E-state index in [9.17, 15) is 4.79 Å². The van der Waals surface area contributed by atoms with Crippen LogP contribution >= 0.6 is 0 Å². The van der Waals surface area contributed by atoms with Crippen LogP contribution in [0.1, 0.15) is 21.5 Å². The fraction of sp³-hybridized carbons (Fsp3) is 0.0645. The predicted molar refractivity (Wildman–Crippen MR) is 141 cm³/mol. The van der Waals surface area contributed by atoms with Crippen LogP contribution < -0.4 is 4.90 Å². The summed E-state index contributed by atoms with van der Waals surface area (Å²) in [6, 6.07) is 37.0. The minimum Gasteiger partial charge on any atom is -0.478 e. The van der Waals surface area contributed by atoms with Gasteiger partial charge >= 0.3 is 5.97 Å². The molecule has 0 aliphatic heterocycles. The second-order valence-corrected chi connectivity index (χ2v) is 8.64. The van der Waals surface area contributed by atoms with E-state index in [0.29, 0.717) is 0 Å². The molecule has 3 heteroatoms. The Hall–Kier alpha value is -4.37. The molecule has 0 bridgehead atoms. The van der Waals surface area contributed by atoms with Crippen molar-refractivity contribution in [2.75, 3.05) is 4.90 Å². The number of rotatable bonds is 5. The van der Waals surface area contributed by atoms with Crippen LogP contribution in [0.25, 0.3) is 21.9 Å². The van der Waals surface area contributed by atoms with Crippen LogP contribution in [0.2, 0.25) is 0 Å². The first-order chi connectivity index (χ1) is 16.5. The molecular weight excluding hydrogens is 418 g/mol. The van der Waals surface area contributed by atoms with Crippen molar-refractivity contribution >= 4 is 33.8 Å². The first-order valence-corrected chi connectivity index (χ1v) is 11.3. The minimum absolute atomic E-state index is 0.289. The maximum absolute atomic E-state index is 11.2. The maximum Gasteiger partial charge on any atom is 0.335 e. The Bertz CT molecular complexity index is 1470. The third-order valence-corrected chi connectivity index (χ3v) is 6.12. The summed E-state index contributed by atoms with van der Waals surface area (Å²) in [7, 11) is 0. The molecule has 0 aliphatic carbocycles. The van der Waals surface area contributed by atoms with Gasteiger partial charge in [-0.1, -0.05) is 71.8 Å². The van der Waals surface area contributed by atoms with Gasteiger partial charge < -0.3 is 10.0 Å². The number of benzene rings is 5. The number of aryl methyl sites for hydroxylation is 2. The van der Waals surface area contributed by atoms with Crippen molar-refractivity contribution in [2.45, 2.75) is 13.8 Å². The summed E-state index contributed by atoms with van der Waals surface area (Å²) in [6.45, 7) is 4.21. The zero-order valence-corrected chi connectivity index (χ0v) is 19.2. The number of nitrogens with zero attached hydrogens (tertiary/aromatic N) is 1. The lowest BCUT2D eigenvalue weighted by atomic mass is 10.0. The number of hydrogen-bond acceptors (Lipinski definition) is 2. The summed E-state index contributed by atoms with van der Waals surface area (Å²) < 4.78 is 0. The molecule has 0 spiro atoms. The number of carboxylic acid groups (broad SMARTS) is 1. The van der Waals surface area contributed by atoms with E-state index in [-0.39, 0.29) is 5.56 Å². The largest absolute Gasteiger partial charge is 0.478 e. The second-order valence-electron chi connectivity index (χ2n) is 8.64. The lowest BCUT2D eigenvalue weighted by Crippen LogP contribution is -2.09. The molecule has 0 fully saturated rings. The maximum atomic E-state index is 11.2. The molecule has 0 saturated carbocycles. The van der Waals surface area contributed by atoms with Gasteiger partial charge in [-0.25, -0.2) is 4.79 Å². The minimum atomic E-state index is -0.916. The first kappa shape index (κ1) is 21.5. The third kappa shape index (κ3) is 4.28. The molecule has 5 aromatic rings. The van der Waals surface area contributed by atoms with Gasteiger partial charge in [-0.3, -0.25) is 0 Å². The van der Waals surface area contributed by atoms with Crippen molar-refractivity contribution in [3.05, 3.63) is 126 Å². The van der Waals surface area contributed by atoms with Crippen LogP contribution in [0.15, 0.2) is 109 Å². The fourth-order valence-corrected chi connectivity index (χ4v) is 4.24. The SMILES string of the molecule is Cc1ccc(N(c2ccc(-c3ccc(C(=O)O)cc3)cc2)c2ccc3cc(C)ccc3c2)cc1. The van der Waals surface area contributed by atoms with Crippen LogP contribution in [-0.2, 0) is 0 Å². The van der Waals surface area contributed by atoms with Crippen LogP contribution in [0.4, 0.5) is 17.1 Å². The Morgan fingerprint density at radius 2 is 1.03 bits per heavy atom. The molecule has 0 aliphatic rings. The Labute approximate surface area is 199 Å². The normalized spacial score (nSPS) is 10.9. The van der Waals surface area contributed by atoms with Crippen molar-refractivity contribution in [2.24, 2.45) is 0 Å². The van der Waals surface area contributed by atoms with E-state index in [1.165, 1.54) is 21.9 Å². The highest BCUT2D eigenvalue weighted by atomic mass is 16.4. The van der Waals surface area contributed by atoms with Gasteiger partial charge in [0, 0.05) is 17.1 Å². The molecule has 3 nitrogen and oxygen atoms in total. The quantitative estimate of drug-likeness (QED) is 0.297. The molecule has 0 atom stereocenters. The summed E-state index contributed by atoms with van der Waals surface area (Å²) >= 11 is 0. The second kappa shape index (κ2) is 8.87. The topological polar surface area (TPSA) is 40.5 Å². The van der Waals surface area contributed by atoms with Crippen LogP contribution in [-0.4, -0.2) is 11.1 Å². The smallest absolute Gasteiger partial charge is 0.335 e. The molecule has 0 heterocycles. The summed E-state index contributed by atoms with van der Waals surface area (Å²) in [5.74, 6) is -0.916. The van der Waals surface area contributed by atoms with Gasteiger partial charge in [-0.05, 0) is 84.3 Å². The van der Waals surface area contributed by atoms with Gasteiger partial charge in [0.2, 0.25) is 0 Å². The van der Waals surface area contributed by atoms with E-state index in [1.54, 1.807) is 12.1 Å². The molecule has 1 N–H and O–H groups in total. The van der Waals surface area contributed by atoms with Gasteiger partial charge in [-0.2, -0.15) is 0 Å². The van der Waals surface area contributed by atoms with Gasteiger partial charge in [0.15, 0.2) is 0 Å². The van der Waals surface area contributed by atoms with Crippen molar-refractivity contribution in [3.63, 3.8) is 0 Å². The predicted octanol–water partition coefficient (Wildman–Crippen LogP) is 8.29. The number of aromatic carboxylic acids is 1. The molecule has 0 saturated heterocycles. The zero-order chi connectivity index (χ0) is 23.7. The molecule has 5 rings (SSSR count). The van der Waals surface area contributed by atoms with Gasteiger partial charge in [0.05, 0.1) is 5.56 Å². The van der Waals surface area contributed by atoms with E-state index >= 15 is 0 Å². The Balaban J connectivity index is 1.56. The highest BCUT2D eigenvalue weighted by molar-refractivity contribution is 5.90. The fourth-order valence-electron chi connectivity index (χ4n) is 4.24. The Morgan fingerprint density at radius 1 is 0.559 bits per heavy atom. The van der Waals surface area contributed by atoms with E-state index in [2.05, 4.69) is 104 Å². The average Bonchev–Trinajstić information content (AvgIpc) is 2.86. The standard InChI is InChI=1S/C31H25NO2/c1-21-4-14-28(15-5-21)32(30-18-13-26-19-22(2)3-6-27(26)20-30)29-16-11-24(12-17-29)23-7-9-25(10-8-23)31(33)34/h3-20H,1-2H3,(H,33,34). The van der Waals surface area contributed by atoms with Gasteiger partial charge in [-0.15, -0.1) is 0 Å². The monoisotopic (exact) mass is 443 g/mol. The molecule has 0 aromatic heterocycles. The van der Waals surface area contributed by atoms with E-state index < -0.39 is 5.97 Å². The number of fused-ring (bicyclic) bond motifs is 1. The van der Waals surface area contributed by atoms with Crippen molar-refractivity contribution in [3.8, 4) is 11.1 Å². The molecule has 34 heavy (non-hydrogen) atoms. The number of hydrogen-bond donors (Lipinski definition) is 1. The van der Waals surface area contributed by atoms with Gasteiger partial charge in [0.1, 0.15) is 0 Å². The van der Waals surface area contributed by atoms with Crippen molar-refractivity contribution in [1.29, 1.82) is 0 Å².